The Morgan fingerprint density at radius 3 is 2.83 bits per heavy atom. The van der Waals surface area contributed by atoms with Crippen molar-refractivity contribution in [3.05, 3.63) is 22.7 Å². The molecular formula is C14H19N5O5. The molecule has 0 bridgehead atoms. The van der Waals surface area contributed by atoms with Crippen molar-refractivity contribution >= 4 is 23.2 Å². The van der Waals surface area contributed by atoms with E-state index in [1.165, 1.54) is 17.2 Å². The molecule has 24 heavy (non-hydrogen) atoms. The standard InChI is InChI=1S/C14H19N5O5/c1-18(2)5-15-9-3-7-10(13(23)17-9)16-6-19(7)14-12(22)11(21)8(4-20)24-14/h3,5-6,8,11-12,14,20-22H,4H2,1-2H3,(H,17,23)/b15-5+/t8-,11-,12-,14-/m1/s1. The number of imidazole rings is 1. The number of aromatic amines is 1. The average molecular weight is 337 g/mol. The molecule has 4 atom stereocenters. The van der Waals surface area contributed by atoms with E-state index in [0.717, 1.165) is 0 Å². The van der Waals surface area contributed by atoms with Gasteiger partial charge in [0.2, 0.25) is 0 Å². The van der Waals surface area contributed by atoms with Crippen LogP contribution in [0.15, 0.2) is 22.2 Å². The SMILES string of the molecule is CN(C)/C=N/c1cc2c(ncn2[C@@H]2O[C@H](CO)[C@@H](O)[C@H]2O)c(=O)[nH]1. The van der Waals surface area contributed by atoms with Gasteiger partial charge in [-0.25, -0.2) is 9.98 Å². The summed E-state index contributed by atoms with van der Waals surface area (Å²) in [6.45, 7) is -0.430. The van der Waals surface area contributed by atoms with Crippen LogP contribution >= 0.6 is 0 Å². The Hall–Kier alpha value is -2.27. The van der Waals surface area contributed by atoms with Crippen molar-refractivity contribution in [2.75, 3.05) is 20.7 Å². The zero-order valence-electron chi connectivity index (χ0n) is 13.2. The first kappa shape index (κ1) is 16.6. The Morgan fingerprint density at radius 1 is 1.46 bits per heavy atom. The van der Waals surface area contributed by atoms with E-state index in [1.54, 1.807) is 25.1 Å². The molecule has 0 aliphatic carbocycles. The van der Waals surface area contributed by atoms with Crippen LogP contribution in [0.3, 0.4) is 0 Å². The maximum atomic E-state index is 12.1. The van der Waals surface area contributed by atoms with E-state index in [1.807, 2.05) is 0 Å². The summed E-state index contributed by atoms with van der Waals surface area (Å²) in [5.41, 5.74) is 0.139. The Balaban J connectivity index is 2.05. The molecule has 1 aliphatic rings. The van der Waals surface area contributed by atoms with Crippen molar-refractivity contribution < 1.29 is 20.1 Å². The van der Waals surface area contributed by atoms with Crippen LogP contribution in [0.5, 0.6) is 0 Å². The molecular weight excluding hydrogens is 318 g/mol. The molecule has 0 spiro atoms. The Morgan fingerprint density at radius 2 is 2.21 bits per heavy atom. The smallest absolute Gasteiger partial charge is 0.277 e. The molecule has 0 aromatic carbocycles. The predicted octanol–water partition coefficient (Wildman–Crippen LogP) is -1.44. The van der Waals surface area contributed by atoms with Crippen LogP contribution in [0.25, 0.3) is 11.0 Å². The summed E-state index contributed by atoms with van der Waals surface area (Å²) < 4.78 is 6.93. The monoisotopic (exact) mass is 337 g/mol. The van der Waals surface area contributed by atoms with Crippen LogP contribution in [-0.4, -0.2) is 80.1 Å². The van der Waals surface area contributed by atoms with Gasteiger partial charge in [0.25, 0.3) is 5.56 Å². The third kappa shape index (κ3) is 2.80. The number of nitrogens with zero attached hydrogens (tertiary/aromatic N) is 4. The van der Waals surface area contributed by atoms with E-state index in [2.05, 4.69) is 15.0 Å². The number of pyridine rings is 1. The molecule has 0 radical (unpaired) electrons. The van der Waals surface area contributed by atoms with Crippen LogP contribution in [0.2, 0.25) is 0 Å². The van der Waals surface area contributed by atoms with Gasteiger partial charge in [-0.05, 0) is 0 Å². The number of nitrogens with one attached hydrogen (secondary N) is 1. The van der Waals surface area contributed by atoms with E-state index >= 15 is 0 Å². The summed E-state index contributed by atoms with van der Waals surface area (Å²) in [4.78, 5) is 24.6. The topological polar surface area (TPSA) is 136 Å². The van der Waals surface area contributed by atoms with E-state index in [4.69, 9.17) is 4.74 Å². The fourth-order valence-corrected chi connectivity index (χ4v) is 2.59. The van der Waals surface area contributed by atoms with Crippen molar-refractivity contribution in [1.82, 2.24) is 19.4 Å². The molecule has 1 fully saturated rings. The van der Waals surface area contributed by atoms with Gasteiger partial charge < -0.3 is 34.5 Å². The van der Waals surface area contributed by atoms with Crippen molar-refractivity contribution in [1.29, 1.82) is 0 Å². The summed E-state index contributed by atoms with van der Waals surface area (Å²) in [5, 5.41) is 29.2. The molecule has 1 saturated heterocycles. The van der Waals surface area contributed by atoms with Gasteiger partial charge in [-0.1, -0.05) is 0 Å². The largest absolute Gasteiger partial charge is 0.394 e. The van der Waals surface area contributed by atoms with Crippen LogP contribution in [0, 0.1) is 0 Å². The molecule has 4 N–H and O–H groups in total. The number of hydrogen-bond donors (Lipinski definition) is 4. The van der Waals surface area contributed by atoms with Crippen molar-refractivity contribution in [3.63, 3.8) is 0 Å². The van der Waals surface area contributed by atoms with E-state index < -0.39 is 36.7 Å². The Labute approximate surface area is 136 Å². The molecule has 130 valence electrons. The van der Waals surface area contributed by atoms with Gasteiger partial charge >= 0.3 is 0 Å². The zero-order chi connectivity index (χ0) is 17.4. The van der Waals surface area contributed by atoms with Gasteiger partial charge in [0.15, 0.2) is 11.7 Å². The Kier molecular flexibility index (Phi) is 4.37. The van der Waals surface area contributed by atoms with Crippen molar-refractivity contribution in [2.24, 2.45) is 4.99 Å². The van der Waals surface area contributed by atoms with Gasteiger partial charge in [0.1, 0.15) is 24.1 Å². The quantitative estimate of drug-likeness (QED) is 0.396. The van der Waals surface area contributed by atoms with Crippen molar-refractivity contribution in [2.45, 2.75) is 24.5 Å². The fourth-order valence-electron chi connectivity index (χ4n) is 2.59. The van der Waals surface area contributed by atoms with Gasteiger partial charge in [0.05, 0.1) is 24.8 Å². The minimum Gasteiger partial charge on any atom is -0.394 e. The number of H-pyrrole nitrogens is 1. The molecule has 0 unspecified atom stereocenters. The first-order valence-electron chi connectivity index (χ1n) is 7.35. The van der Waals surface area contributed by atoms with Crippen LogP contribution in [0.4, 0.5) is 5.82 Å². The maximum Gasteiger partial charge on any atom is 0.277 e. The maximum absolute atomic E-state index is 12.1. The minimum absolute atomic E-state index is 0.163. The lowest BCUT2D eigenvalue weighted by molar-refractivity contribution is -0.0508. The second-order valence-electron chi connectivity index (χ2n) is 5.81. The summed E-state index contributed by atoms with van der Waals surface area (Å²) in [7, 11) is 3.59. The first-order valence-corrected chi connectivity index (χ1v) is 7.35. The van der Waals surface area contributed by atoms with Crippen LogP contribution in [-0.2, 0) is 4.74 Å². The minimum atomic E-state index is -1.26. The summed E-state index contributed by atoms with van der Waals surface area (Å²) >= 11 is 0. The molecule has 3 heterocycles. The molecule has 3 rings (SSSR count). The number of aliphatic imine (C=N–C) groups is 1. The molecule has 10 heteroatoms. The molecule has 2 aromatic rings. The van der Waals surface area contributed by atoms with Crippen molar-refractivity contribution in [3.8, 4) is 0 Å². The second kappa shape index (κ2) is 6.32. The highest BCUT2D eigenvalue weighted by molar-refractivity contribution is 5.77. The molecule has 1 aliphatic heterocycles. The molecule has 0 amide bonds. The van der Waals surface area contributed by atoms with E-state index in [9.17, 15) is 20.1 Å². The van der Waals surface area contributed by atoms with Crippen LogP contribution in [0.1, 0.15) is 6.23 Å². The number of fused-ring (bicyclic) bond motifs is 1. The van der Waals surface area contributed by atoms with Gasteiger partial charge in [-0.2, -0.15) is 0 Å². The van der Waals surface area contributed by atoms with E-state index in [0.29, 0.717) is 11.3 Å². The van der Waals surface area contributed by atoms with Gasteiger partial charge in [-0.15, -0.1) is 0 Å². The van der Waals surface area contributed by atoms with E-state index in [-0.39, 0.29) is 5.52 Å². The third-order valence-corrected chi connectivity index (χ3v) is 3.78. The third-order valence-electron chi connectivity index (χ3n) is 3.78. The number of aliphatic hydroxyl groups excluding tert-OH is 3. The normalized spacial score (nSPS) is 27.4. The highest BCUT2D eigenvalue weighted by Crippen LogP contribution is 2.31. The summed E-state index contributed by atoms with van der Waals surface area (Å²) in [6, 6.07) is 1.60. The molecule has 0 saturated carbocycles. The summed E-state index contributed by atoms with van der Waals surface area (Å²) in [5.74, 6) is 0.315. The fraction of sp³-hybridized carbons (Fsp3) is 0.500. The number of aromatic nitrogens is 3. The number of hydrogen-bond acceptors (Lipinski definition) is 7. The lowest BCUT2D eigenvalue weighted by Gasteiger charge is -2.17. The zero-order valence-corrected chi connectivity index (χ0v) is 13.2. The highest BCUT2D eigenvalue weighted by atomic mass is 16.6. The number of rotatable bonds is 4. The predicted molar refractivity (Wildman–Crippen MR) is 85.2 cm³/mol. The number of ether oxygens (including phenoxy) is 1. The second-order valence-corrected chi connectivity index (χ2v) is 5.81. The molecule has 10 nitrogen and oxygen atoms in total. The summed E-state index contributed by atoms with van der Waals surface area (Å²) in [6.07, 6.45) is -1.48. The van der Waals surface area contributed by atoms with Gasteiger partial charge in [-0.3, -0.25) is 4.79 Å². The average Bonchev–Trinajstić information content (AvgIpc) is 3.08. The van der Waals surface area contributed by atoms with Gasteiger partial charge in [0, 0.05) is 20.2 Å². The number of aliphatic hydroxyl groups is 3. The van der Waals surface area contributed by atoms with Crippen LogP contribution < -0.4 is 5.56 Å². The highest BCUT2D eigenvalue weighted by Gasteiger charge is 2.43. The molecule has 2 aromatic heterocycles. The lowest BCUT2D eigenvalue weighted by atomic mass is 10.1. The first-order chi connectivity index (χ1) is 11.4. The lowest BCUT2D eigenvalue weighted by Crippen LogP contribution is -2.33. The Bertz CT molecular complexity index is 813.